The van der Waals surface area contributed by atoms with Gasteiger partial charge in [0.05, 0.1) is 18.9 Å². The molecule has 2 heterocycles. The molecule has 1 aromatic heterocycles. The molecule has 3 nitrogen and oxygen atoms in total. The van der Waals surface area contributed by atoms with Crippen LogP contribution in [-0.2, 0) is 11.2 Å². The third kappa shape index (κ3) is 2.79. The van der Waals surface area contributed by atoms with Crippen LogP contribution in [0.3, 0.4) is 0 Å². The Bertz CT molecular complexity index is 847. The molecular formula is C20H21ClN2O. The first-order chi connectivity index (χ1) is 11.8. The molecule has 1 aromatic carbocycles. The van der Waals surface area contributed by atoms with Gasteiger partial charge in [-0.3, -0.25) is 0 Å². The summed E-state index contributed by atoms with van der Waals surface area (Å²) in [5.74, 6) is 1.29. The Morgan fingerprint density at radius 3 is 3.04 bits per heavy atom. The molecule has 1 aliphatic carbocycles. The lowest BCUT2D eigenvalue weighted by Gasteiger charge is -2.29. The summed E-state index contributed by atoms with van der Waals surface area (Å²) >= 11 is 6.20. The van der Waals surface area contributed by atoms with E-state index in [1.165, 1.54) is 22.2 Å². The van der Waals surface area contributed by atoms with Gasteiger partial charge in [0.25, 0.3) is 0 Å². The van der Waals surface area contributed by atoms with E-state index in [1.807, 2.05) is 12.1 Å². The van der Waals surface area contributed by atoms with Crippen molar-refractivity contribution in [1.82, 2.24) is 10.3 Å². The van der Waals surface area contributed by atoms with Crippen LogP contribution in [0.4, 0.5) is 0 Å². The summed E-state index contributed by atoms with van der Waals surface area (Å²) in [6.07, 6.45) is 12.7. The third-order valence-electron chi connectivity index (χ3n) is 4.89. The van der Waals surface area contributed by atoms with Gasteiger partial charge in [-0.1, -0.05) is 35.9 Å². The van der Waals surface area contributed by atoms with Crippen LogP contribution in [0, 0.1) is 5.92 Å². The molecule has 0 radical (unpaired) electrons. The number of halogens is 1. The number of hydrogen-bond acceptors (Lipinski definition) is 2. The van der Waals surface area contributed by atoms with Gasteiger partial charge in [0.15, 0.2) is 0 Å². The maximum atomic E-state index is 6.20. The van der Waals surface area contributed by atoms with E-state index in [-0.39, 0.29) is 6.04 Å². The number of aromatic amines is 1. The minimum atomic E-state index is 0.255. The number of allylic oxidation sites excluding steroid dienone is 3. The molecule has 124 valence electrons. The Morgan fingerprint density at radius 2 is 2.17 bits per heavy atom. The van der Waals surface area contributed by atoms with Gasteiger partial charge in [-0.15, -0.1) is 0 Å². The second-order valence-electron chi connectivity index (χ2n) is 6.32. The third-order valence-corrected chi connectivity index (χ3v) is 5.13. The molecule has 1 aliphatic heterocycles. The number of H-pyrrole nitrogens is 1. The fraction of sp³-hybridized carbons (Fsp3) is 0.300. The lowest BCUT2D eigenvalue weighted by atomic mass is 9.89. The zero-order chi connectivity index (χ0) is 16.5. The fourth-order valence-electron chi connectivity index (χ4n) is 3.70. The Labute approximate surface area is 147 Å². The summed E-state index contributed by atoms with van der Waals surface area (Å²) in [6.45, 7) is 0.981. The standard InChI is InChI=1S/C20H21ClN2O/c1-24-15-6-2-4-13(5-3-7-15)19-20-16(10-11-22-19)17-12-14(21)8-9-18(17)23-20/h2-6,8-9,12-13,19,22-23H,7,10-11H2,1H3/b4-2?,5-3-,15-6+. The Hall–Kier alpha value is -1.97. The van der Waals surface area contributed by atoms with Crippen LogP contribution in [0.15, 0.2) is 54.3 Å². The number of benzene rings is 1. The second-order valence-corrected chi connectivity index (χ2v) is 6.76. The summed E-state index contributed by atoms with van der Waals surface area (Å²) in [5, 5.41) is 5.72. The van der Waals surface area contributed by atoms with Gasteiger partial charge in [0, 0.05) is 34.0 Å². The van der Waals surface area contributed by atoms with Crippen molar-refractivity contribution in [3.05, 3.63) is 70.6 Å². The van der Waals surface area contributed by atoms with Crippen LogP contribution in [0.2, 0.25) is 5.02 Å². The van der Waals surface area contributed by atoms with E-state index in [4.69, 9.17) is 16.3 Å². The Kier molecular flexibility index (Phi) is 4.21. The van der Waals surface area contributed by atoms with Crippen LogP contribution in [-0.4, -0.2) is 18.6 Å². The zero-order valence-corrected chi connectivity index (χ0v) is 14.4. The number of hydrogen-bond donors (Lipinski definition) is 2. The van der Waals surface area contributed by atoms with Crippen molar-refractivity contribution in [2.75, 3.05) is 13.7 Å². The zero-order valence-electron chi connectivity index (χ0n) is 13.7. The maximum absolute atomic E-state index is 6.20. The molecule has 4 rings (SSSR count). The van der Waals surface area contributed by atoms with E-state index in [0.717, 1.165) is 30.2 Å². The van der Waals surface area contributed by atoms with Crippen LogP contribution < -0.4 is 5.32 Å². The number of rotatable bonds is 2. The molecule has 0 bridgehead atoms. The molecule has 24 heavy (non-hydrogen) atoms. The van der Waals surface area contributed by atoms with E-state index in [1.54, 1.807) is 7.11 Å². The number of nitrogens with one attached hydrogen (secondary N) is 2. The van der Waals surface area contributed by atoms with E-state index in [2.05, 4.69) is 46.7 Å². The quantitative estimate of drug-likeness (QED) is 0.779. The summed E-state index contributed by atoms with van der Waals surface area (Å²) < 4.78 is 5.34. The molecule has 2 aliphatic rings. The molecule has 4 heteroatoms. The van der Waals surface area contributed by atoms with Crippen molar-refractivity contribution >= 4 is 22.5 Å². The van der Waals surface area contributed by atoms with E-state index in [0.29, 0.717) is 5.92 Å². The van der Waals surface area contributed by atoms with Crippen molar-refractivity contribution in [3.63, 3.8) is 0 Å². The predicted molar refractivity (Wildman–Crippen MR) is 99.2 cm³/mol. The normalized spacial score (nSPS) is 27.0. The molecule has 2 unspecified atom stereocenters. The van der Waals surface area contributed by atoms with Gasteiger partial charge in [-0.05, 0) is 42.8 Å². The smallest absolute Gasteiger partial charge is 0.0992 e. The molecule has 2 N–H and O–H groups in total. The highest BCUT2D eigenvalue weighted by atomic mass is 35.5. The highest BCUT2D eigenvalue weighted by Crippen LogP contribution is 2.36. The lowest BCUT2D eigenvalue weighted by Crippen LogP contribution is -2.33. The molecule has 0 saturated carbocycles. The average Bonchev–Trinajstić information content (AvgIpc) is 2.93. The lowest BCUT2D eigenvalue weighted by molar-refractivity contribution is 0.284. The van der Waals surface area contributed by atoms with Crippen LogP contribution in [0.5, 0.6) is 0 Å². The summed E-state index contributed by atoms with van der Waals surface area (Å²) in [4.78, 5) is 3.62. The highest BCUT2D eigenvalue weighted by Gasteiger charge is 2.28. The van der Waals surface area contributed by atoms with Gasteiger partial charge in [-0.2, -0.15) is 0 Å². The maximum Gasteiger partial charge on any atom is 0.0992 e. The molecule has 2 aromatic rings. The molecule has 0 spiro atoms. The number of fused-ring (bicyclic) bond motifs is 3. The summed E-state index contributed by atoms with van der Waals surface area (Å²) in [5.41, 5.74) is 3.85. The first kappa shape index (κ1) is 15.6. The number of ether oxygens (including phenoxy) is 1. The highest BCUT2D eigenvalue weighted by molar-refractivity contribution is 6.31. The predicted octanol–water partition coefficient (Wildman–Crippen LogP) is 4.67. The molecule has 2 atom stereocenters. The van der Waals surface area contributed by atoms with Crippen LogP contribution in [0.25, 0.3) is 10.9 Å². The van der Waals surface area contributed by atoms with Gasteiger partial charge >= 0.3 is 0 Å². The molecule has 0 fully saturated rings. The van der Waals surface area contributed by atoms with Crippen LogP contribution in [0.1, 0.15) is 23.7 Å². The van der Waals surface area contributed by atoms with E-state index < -0.39 is 0 Å². The van der Waals surface area contributed by atoms with Crippen LogP contribution >= 0.6 is 11.6 Å². The first-order valence-electron chi connectivity index (χ1n) is 8.37. The minimum absolute atomic E-state index is 0.255. The van der Waals surface area contributed by atoms with Gasteiger partial charge in [0.1, 0.15) is 0 Å². The van der Waals surface area contributed by atoms with Gasteiger partial charge in [0.2, 0.25) is 0 Å². The van der Waals surface area contributed by atoms with Crippen molar-refractivity contribution < 1.29 is 4.74 Å². The second kappa shape index (κ2) is 6.50. The SMILES string of the molecule is CO/C1=C/C=CC(C2NCCc3c2[nH]c2ccc(Cl)cc32)/C=C\C1. The fourth-order valence-corrected chi connectivity index (χ4v) is 3.87. The summed E-state index contributed by atoms with van der Waals surface area (Å²) in [7, 11) is 1.72. The number of aromatic nitrogens is 1. The molecular weight excluding hydrogens is 320 g/mol. The van der Waals surface area contributed by atoms with Crippen molar-refractivity contribution in [2.24, 2.45) is 5.92 Å². The average molecular weight is 341 g/mol. The first-order valence-corrected chi connectivity index (χ1v) is 8.75. The van der Waals surface area contributed by atoms with Gasteiger partial charge < -0.3 is 15.0 Å². The molecule has 0 saturated heterocycles. The topological polar surface area (TPSA) is 37.0 Å². The van der Waals surface area contributed by atoms with Crippen molar-refractivity contribution in [2.45, 2.75) is 18.9 Å². The Balaban J connectivity index is 1.73. The van der Waals surface area contributed by atoms with Crippen molar-refractivity contribution in [1.29, 1.82) is 0 Å². The van der Waals surface area contributed by atoms with E-state index >= 15 is 0 Å². The monoisotopic (exact) mass is 340 g/mol. The van der Waals surface area contributed by atoms with Crippen molar-refractivity contribution in [3.8, 4) is 0 Å². The number of methoxy groups -OCH3 is 1. The largest absolute Gasteiger partial charge is 0.501 e. The van der Waals surface area contributed by atoms with E-state index in [9.17, 15) is 0 Å². The Morgan fingerprint density at radius 1 is 1.25 bits per heavy atom. The summed E-state index contributed by atoms with van der Waals surface area (Å²) in [6, 6.07) is 6.35. The minimum Gasteiger partial charge on any atom is -0.501 e. The van der Waals surface area contributed by atoms with Gasteiger partial charge in [-0.25, -0.2) is 0 Å². The molecule has 0 amide bonds.